The van der Waals surface area contributed by atoms with E-state index >= 15 is 0 Å². The first kappa shape index (κ1) is 14.6. The Kier molecular flexibility index (Phi) is 4.59. The third-order valence-corrected chi connectivity index (χ3v) is 5.14. The summed E-state index contributed by atoms with van der Waals surface area (Å²) < 4.78 is 0. The van der Waals surface area contributed by atoms with Crippen LogP contribution in [0.4, 0.5) is 0 Å². The number of nitrogens with one attached hydrogen (secondary N) is 1. The number of amides is 1. The summed E-state index contributed by atoms with van der Waals surface area (Å²) in [7, 11) is 0. The maximum atomic E-state index is 12.1. The SMILES string of the molecule is O=C(Cc1ccc2c(c1)CCC2)NCC1CCCC1CO. The fourth-order valence-electron chi connectivity index (χ4n) is 3.85. The number of benzene rings is 1. The van der Waals surface area contributed by atoms with Gasteiger partial charge in [-0.1, -0.05) is 24.6 Å². The van der Waals surface area contributed by atoms with Crippen molar-refractivity contribution in [1.29, 1.82) is 0 Å². The van der Waals surface area contributed by atoms with Crippen LogP contribution in [0.3, 0.4) is 0 Å². The average molecular weight is 287 g/mol. The highest BCUT2D eigenvalue weighted by atomic mass is 16.3. The quantitative estimate of drug-likeness (QED) is 0.872. The zero-order valence-electron chi connectivity index (χ0n) is 12.6. The molecule has 1 saturated carbocycles. The van der Waals surface area contributed by atoms with E-state index in [0.29, 0.717) is 18.3 Å². The molecular formula is C18H25NO2. The van der Waals surface area contributed by atoms with Crippen molar-refractivity contribution in [3.63, 3.8) is 0 Å². The van der Waals surface area contributed by atoms with Crippen LogP contribution in [0.2, 0.25) is 0 Å². The van der Waals surface area contributed by atoms with Gasteiger partial charge in [0.05, 0.1) is 6.42 Å². The molecule has 3 rings (SSSR count). The van der Waals surface area contributed by atoms with E-state index < -0.39 is 0 Å². The molecule has 1 amide bonds. The molecule has 114 valence electrons. The number of hydrogen-bond acceptors (Lipinski definition) is 2. The predicted octanol–water partition coefficient (Wildman–Crippen LogP) is 2.24. The van der Waals surface area contributed by atoms with Gasteiger partial charge in [-0.05, 0) is 60.6 Å². The lowest BCUT2D eigenvalue weighted by Gasteiger charge is -2.17. The summed E-state index contributed by atoms with van der Waals surface area (Å²) in [6.45, 7) is 0.973. The lowest BCUT2D eigenvalue weighted by molar-refractivity contribution is -0.120. The molecule has 0 heterocycles. The fraction of sp³-hybridized carbons (Fsp3) is 0.611. The molecule has 1 fully saturated rings. The minimum absolute atomic E-state index is 0.108. The van der Waals surface area contributed by atoms with Gasteiger partial charge in [0.25, 0.3) is 0 Å². The number of rotatable bonds is 5. The van der Waals surface area contributed by atoms with Gasteiger partial charge in [-0.2, -0.15) is 0 Å². The van der Waals surface area contributed by atoms with Crippen LogP contribution >= 0.6 is 0 Å². The summed E-state index contributed by atoms with van der Waals surface area (Å²) in [5, 5.41) is 12.4. The second-order valence-corrected chi connectivity index (χ2v) is 6.57. The van der Waals surface area contributed by atoms with E-state index in [9.17, 15) is 9.90 Å². The van der Waals surface area contributed by atoms with Crippen LogP contribution in [-0.2, 0) is 24.1 Å². The second-order valence-electron chi connectivity index (χ2n) is 6.57. The number of hydrogen-bond donors (Lipinski definition) is 2. The smallest absolute Gasteiger partial charge is 0.224 e. The van der Waals surface area contributed by atoms with Crippen molar-refractivity contribution in [2.75, 3.05) is 13.2 Å². The highest BCUT2D eigenvalue weighted by molar-refractivity contribution is 5.78. The van der Waals surface area contributed by atoms with Crippen molar-refractivity contribution >= 4 is 5.91 Å². The molecule has 3 nitrogen and oxygen atoms in total. The fourth-order valence-corrected chi connectivity index (χ4v) is 3.85. The van der Waals surface area contributed by atoms with Gasteiger partial charge < -0.3 is 10.4 Å². The van der Waals surface area contributed by atoms with Gasteiger partial charge in [0.2, 0.25) is 5.91 Å². The Labute approximate surface area is 126 Å². The maximum absolute atomic E-state index is 12.1. The average Bonchev–Trinajstić information content (AvgIpc) is 3.13. The first-order chi connectivity index (χ1) is 10.3. The van der Waals surface area contributed by atoms with E-state index in [1.165, 1.54) is 30.4 Å². The van der Waals surface area contributed by atoms with Crippen LogP contribution in [0, 0.1) is 11.8 Å². The Hall–Kier alpha value is -1.35. The Bertz CT molecular complexity index is 512. The van der Waals surface area contributed by atoms with E-state index in [2.05, 4.69) is 23.5 Å². The number of aliphatic hydroxyl groups excluding tert-OH is 1. The topological polar surface area (TPSA) is 49.3 Å². The molecule has 0 saturated heterocycles. The molecule has 1 aromatic carbocycles. The molecule has 2 aliphatic rings. The zero-order valence-corrected chi connectivity index (χ0v) is 12.6. The van der Waals surface area contributed by atoms with Crippen molar-refractivity contribution in [1.82, 2.24) is 5.32 Å². The van der Waals surface area contributed by atoms with Gasteiger partial charge in [0, 0.05) is 13.2 Å². The maximum Gasteiger partial charge on any atom is 0.224 e. The van der Waals surface area contributed by atoms with Crippen LogP contribution in [0.15, 0.2) is 18.2 Å². The molecule has 2 aliphatic carbocycles. The summed E-state index contributed by atoms with van der Waals surface area (Å²) in [5.74, 6) is 0.945. The molecule has 0 spiro atoms. The minimum atomic E-state index is 0.108. The van der Waals surface area contributed by atoms with Crippen LogP contribution < -0.4 is 5.32 Å². The van der Waals surface area contributed by atoms with Crippen LogP contribution in [0.25, 0.3) is 0 Å². The summed E-state index contributed by atoms with van der Waals surface area (Å²) in [4.78, 5) is 12.1. The standard InChI is InChI=1S/C18H25NO2/c20-12-17-6-2-5-16(17)11-19-18(21)10-13-7-8-14-3-1-4-15(14)9-13/h7-9,16-17,20H,1-6,10-12H2,(H,19,21). The number of carbonyl (C=O) groups excluding carboxylic acids is 1. The van der Waals surface area contributed by atoms with Crippen molar-refractivity contribution in [2.45, 2.75) is 44.9 Å². The van der Waals surface area contributed by atoms with Gasteiger partial charge in [0.15, 0.2) is 0 Å². The van der Waals surface area contributed by atoms with E-state index in [4.69, 9.17) is 0 Å². The molecule has 0 radical (unpaired) electrons. The Morgan fingerprint density at radius 2 is 1.95 bits per heavy atom. The molecule has 2 unspecified atom stereocenters. The summed E-state index contributed by atoms with van der Waals surface area (Å²) in [6, 6.07) is 6.48. The van der Waals surface area contributed by atoms with Gasteiger partial charge in [-0.3, -0.25) is 4.79 Å². The Balaban J connectivity index is 1.50. The highest BCUT2D eigenvalue weighted by Gasteiger charge is 2.26. The second kappa shape index (κ2) is 6.61. The predicted molar refractivity (Wildman–Crippen MR) is 83.1 cm³/mol. The zero-order chi connectivity index (χ0) is 14.7. The number of carbonyl (C=O) groups is 1. The molecule has 2 atom stereocenters. The van der Waals surface area contributed by atoms with Gasteiger partial charge in [0.1, 0.15) is 0 Å². The van der Waals surface area contributed by atoms with Gasteiger partial charge in [-0.15, -0.1) is 0 Å². The van der Waals surface area contributed by atoms with Gasteiger partial charge >= 0.3 is 0 Å². The summed E-state index contributed by atoms with van der Waals surface area (Å²) >= 11 is 0. The van der Waals surface area contributed by atoms with E-state index in [1.807, 2.05) is 0 Å². The molecule has 21 heavy (non-hydrogen) atoms. The van der Waals surface area contributed by atoms with E-state index in [-0.39, 0.29) is 12.5 Å². The summed E-state index contributed by atoms with van der Waals surface area (Å²) in [6.07, 6.45) is 7.47. The molecule has 1 aromatic rings. The first-order valence-electron chi connectivity index (χ1n) is 8.24. The van der Waals surface area contributed by atoms with Gasteiger partial charge in [-0.25, -0.2) is 0 Å². The number of fused-ring (bicyclic) bond motifs is 1. The normalized spacial score (nSPS) is 24.0. The molecule has 2 N–H and O–H groups in total. The molecular weight excluding hydrogens is 262 g/mol. The van der Waals surface area contributed by atoms with E-state index in [0.717, 1.165) is 31.4 Å². The number of aryl methyl sites for hydroxylation is 2. The van der Waals surface area contributed by atoms with Crippen molar-refractivity contribution in [2.24, 2.45) is 11.8 Å². The minimum Gasteiger partial charge on any atom is -0.396 e. The van der Waals surface area contributed by atoms with Crippen molar-refractivity contribution in [3.8, 4) is 0 Å². The first-order valence-corrected chi connectivity index (χ1v) is 8.24. The molecule has 0 bridgehead atoms. The molecule has 3 heteroatoms. The third-order valence-electron chi connectivity index (χ3n) is 5.14. The molecule has 0 aromatic heterocycles. The third kappa shape index (κ3) is 3.46. The lowest BCUT2D eigenvalue weighted by atomic mass is 9.97. The van der Waals surface area contributed by atoms with Crippen LogP contribution in [0.5, 0.6) is 0 Å². The molecule has 0 aliphatic heterocycles. The van der Waals surface area contributed by atoms with Crippen LogP contribution in [-0.4, -0.2) is 24.2 Å². The largest absolute Gasteiger partial charge is 0.396 e. The number of aliphatic hydroxyl groups is 1. The Morgan fingerprint density at radius 3 is 2.81 bits per heavy atom. The monoisotopic (exact) mass is 287 g/mol. The van der Waals surface area contributed by atoms with Crippen molar-refractivity contribution in [3.05, 3.63) is 34.9 Å². The van der Waals surface area contributed by atoms with Crippen LogP contribution in [0.1, 0.15) is 42.4 Å². The van der Waals surface area contributed by atoms with E-state index in [1.54, 1.807) is 0 Å². The summed E-state index contributed by atoms with van der Waals surface area (Å²) in [5.41, 5.74) is 4.01. The van der Waals surface area contributed by atoms with Crippen molar-refractivity contribution < 1.29 is 9.90 Å². The highest BCUT2D eigenvalue weighted by Crippen LogP contribution is 2.30. The Morgan fingerprint density at radius 1 is 1.14 bits per heavy atom. The lowest BCUT2D eigenvalue weighted by Crippen LogP contribution is -2.32.